The molecule has 2 nitrogen and oxygen atoms in total. The molecule has 40 valence electrons. The molecule has 0 radical (unpaired) electrons. The smallest absolute Gasteiger partial charge is 0.0824 e. The molecule has 0 aromatic carbocycles. The molecular weight excluding hydrogens is 90.1 g/mol. The molecule has 0 saturated carbocycles. The van der Waals surface area contributed by atoms with Gasteiger partial charge in [0.2, 0.25) is 6.54 Å². The second-order valence-electron chi connectivity index (χ2n) is 1.23. The van der Waals surface area contributed by atoms with E-state index in [0.717, 1.165) is 6.42 Å². The van der Waals surface area contributed by atoms with E-state index < -0.39 is 0 Å². The summed E-state index contributed by atoms with van der Waals surface area (Å²) in [6, 6.07) is 0. The van der Waals surface area contributed by atoms with Crippen molar-refractivity contribution in [1.29, 1.82) is 0 Å². The van der Waals surface area contributed by atoms with Crippen molar-refractivity contribution >= 4 is 0 Å². The molecule has 1 N–H and O–H groups in total. The highest BCUT2D eigenvalue weighted by Crippen LogP contribution is 1.73. The molecule has 0 rings (SSSR count). The monoisotopic (exact) mass is 100 g/mol. The van der Waals surface area contributed by atoms with Crippen molar-refractivity contribution in [1.82, 2.24) is 0 Å². The number of hydrogen-bond acceptors (Lipinski definition) is 1. The summed E-state index contributed by atoms with van der Waals surface area (Å²) in [5, 5.41) is 1.77. The molecule has 0 aliphatic rings. The van der Waals surface area contributed by atoms with E-state index in [-0.39, 0.29) is 0 Å². The van der Waals surface area contributed by atoms with Crippen LogP contribution in [0.15, 0.2) is 12.2 Å². The van der Waals surface area contributed by atoms with Crippen LogP contribution < -0.4 is 5.18 Å². The number of rotatable bonds is 3. The molecule has 0 aliphatic heterocycles. The normalized spacial score (nSPS) is 9.86. The summed E-state index contributed by atoms with van der Waals surface area (Å²) in [5.41, 5.74) is 0. The van der Waals surface area contributed by atoms with Crippen molar-refractivity contribution in [2.75, 3.05) is 6.54 Å². The van der Waals surface area contributed by atoms with Crippen molar-refractivity contribution in [3.8, 4) is 0 Å². The minimum atomic E-state index is 0.438. The van der Waals surface area contributed by atoms with Crippen LogP contribution >= 0.6 is 0 Å². The van der Waals surface area contributed by atoms with Crippen LogP contribution in [0, 0.1) is 4.91 Å². The Balaban J connectivity index is 2.92. The first-order valence-corrected chi connectivity index (χ1v) is 2.41. The third-order valence-electron chi connectivity index (χ3n) is 0.604. The van der Waals surface area contributed by atoms with Crippen molar-refractivity contribution in [2.45, 2.75) is 13.3 Å². The third kappa shape index (κ3) is 5.34. The van der Waals surface area contributed by atoms with E-state index in [0.29, 0.717) is 6.54 Å². The lowest BCUT2D eigenvalue weighted by molar-refractivity contribution is -0.468. The van der Waals surface area contributed by atoms with E-state index in [2.05, 4.69) is 0 Å². The van der Waals surface area contributed by atoms with Crippen molar-refractivity contribution in [3.05, 3.63) is 17.1 Å². The molecule has 0 aliphatic carbocycles. The number of hydrogen-bond donors (Lipinski definition) is 1. The molecule has 0 aromatic heterocycles. The Morgan fingerprint density at radius 1 is 1.57 bits per heavy atom. The predicted molar refractivity (Wildman–Crippen MR) is 28.6 cm³/mol. The fraction of sp³-hybridized carbons (Fsp3) is 0.600. The molecular formula is C5H10NO+. The largest absolute Gasteiger partial charge is 0.207 e. The maximum atomic E-state index is 9.50. The molecule has 0 unspecified atom stereocenters. The standard InChI is InChI=1S/C5H9NO/c1-2-3-4-5-6-7/h3-4H,2,5H2,1H3/p+1/b4-3+. The van der Waals surface area contributed by atoms with Crippen LogP contribution in [0.2, 0.25) is 0 Å². The lowest BCUT2D eigenvalue weighted by Gasteiger charge is -1.68. The van der Waals surface area contributed by atoms with Gasteiger partial charge in [-0.1, -0.05) is 13.0 Å². The Bertz CT molecular complexity index is 68.5. The summed E-state index contributed by atoms with van der Waals surface area (Å²) < 4.78 is 0. The van der Waals surface area contributed by atoms with Crippen LogP contribution in [0.1, 0.15) is 13.3 Å². The van der Waals surface area contributed by atoms with Crippen molar-refractivity contribution in [3.63, 3.8) is 0 Å². The summed E-state index contributed by atoms with van der Waals surface area (Å²) >= 11 is 0. The van der Waals surface area contributed by atoms with Gasteiger partial charge < -0.3 is 0 Å². The van der Waals surface area contributed by atoms with Gasteiger partial charge in [-0.3, -0.25) is 0 Å². The van der Waals surface area contributed by atoms with Crippen LogP contribution in [0.25, 0.3) is 0 Å². The van der Waals surface area contributed by atoms with E-state index in [4.69, 9.17) is 0 Å². The molecule has 0 bridgehead atoms. The Hall–Kier alpha value is -0.660. The highest BCUT2D eigenvalue weighted by atomic mass is 16.3. The van der Waals surface area contributed by atoms with Crippen LogP contribution in [0.4, 0.5) is 0 Å². The zero-order valence-electron chi connectivity index (χ0n) is 4.48. The summed E-state index contributed by atoms with van der Waals surface area (Å²) in [6.45, 7) is 2.47. The van der Waals surface area contributed by atoms with Gasteiger partial charge in [0.1, 0.15) is 0 Å². The molecule has 0 fully saturated rings. The second kappa shape index (κ2) is 5.34. The van der Waals surface area contributed by atoms with Gasteiger partial charge in [0.15, 0.2) is 0 Å². The summed E-state index contributed by atoms with van der Waals surface area (Å²) in [7, 11) is 0. The quantitative estimate of drug-likeness (QED) is 0.489. The van der Waals surface area contributed by atoms with Gasteiger partial charge >= 0.3 is 0 Å². The number of nitrogens with one attached hydrogen (secondary N) is 1. The van der Waals surface area contributed by atoms with E-state index in [1.807, 2.05) is 19.1 Å². The molecule has 0 spiro atoms. The van der Waals surface area contributed by atoms with Crippen molar-refractivity contribution in [2.24, 2.45) is 0 Å². The summed E-state index contributed by atoms with van der Waals surface area (Å²) in [6.07, 6.45) is 4.76. The zero-order chi connectivity index (χ0) is 5.54. The predicted octanol–water partition coefficient (Wildman–Crippen LogP) is -0.200. The first kappa shape index (κ1) is 6.34. The number of allylic oxidation sites excluding steroid dienone is 1. The fourth-order valence-corrected chi connectivity index (χ4v) is 0.298. The summed E-state index contributed by atoms with van der Waals surface area (Å²) in [5.74, 6) is 0. The van der Waals surface area contributed by atoms with Crippen LogP contribution in [0.3, 0.4) is 0 Å². The number of nitroso groups, excluding NO2 is 1. The van der Waals surface area contributed by atoms with Crippen LogP contribution in [0.5, 0.6) is 0 Å². The molecule has 0 amide bonds. The Labute approximate surface area is 43.2 Å². The average Bonchev–Trinajstić information content (AvgIpc) is 1.69. The molecule has 0 aromatic rings. The van der Waals surface area contributed by atoms with Gasteiger partial charge in [-0.15, -0.1) is 0 Å². The molecule has 0 atom stereocenters. The second-order valence-corrected chi connectivity index (χ2v) is 1.23. The minimum absolute atomic E-state index is 0.438. The van der Waals surface area contributed by atoms with E-state index in [1.54, 1.807) is 5.18 Å². The molecule has 2 heteroatoms. The van der Waals surface area contributed by atoms with Gasteiger partial charge in [-0.2, -0.15) is 0 Å². The lowest BCUT2D eigenvalue weighted by Crippen LogP contribution is -2.63. The average molecular weight is 100 g/mol. The van der Waals surface area contributed by atoms with E-state index in [9.17, 15) is 4.91 Å². The Kier molecular flexibility index (Phi) is 4.84. The first-order chi connectivity index (χ1) is 3.41. The molecule has 0 heterocycles. The lowest BCUT2D eigenvalue weighted by atomic mass is 10.4. The zero-order valence-corrected chi connectivity index (χ0v) is 4.48. The van der Waals surface area contributed by atoms with Crippen molar-refractivity contribution < 1.29 is 5.18 Å². The Morgan fingerprint density at radius 3 is 2.71 bits per heavy atom. The highest BCUT2D eigenvalue weighted by molar-refractivity contribution is 4.77. The first-order valence-electron chi connectivity index (χ1n) is 2.41. The van der Waals surface area contributed by atoms with E-state index >= 15 is 0 Å². The van der Waals surface area contributed by atoms with Gasteiger partial charge in [0, 0.05) is 4.91 Å². The van der Waals surface area contributed by atoms with E-state index in [1.165, 1.54) is 0 Å². The molecule has 0 saturated heterocycles. The highest BCUT2D eigenvalue weighted by Gasteiger charge is 1.72. The van der Waals surface area contributed by atoms with Gasteiger partial charge in [-0.25, -0.2) is 0 Å². The third-order valence-corrected chi connectivity index (χ3v) is 0.604. The van der Waals surface area contributed by atoms with Crippen LogP contribution in [-0.2, 0) is 0 Å². The topological polar surface area (TPSA) is 31.0 Å². The summed E-state index contributed by atoms with van der Waals surface area (Å²) in [4.78, 5) is 9.50. The Morgan fingerprint density at radius 2 is 2.29 bits per heavy atom. The molecule has 7 heavy (non-hydrogen) atoms. The van der Waals surface area contributed by atoms with Crippen LogP contribution in [-0.4, -0.2) is 6.54 Å². The maximum absolute atomic E-state index is 9.50. The van der Waals surface area contributed by atoms with Gasteiger partial charge in [0.05, 0.1) is 0 Å². The van der Waals surface area contributed by atoms with Gasteiger partial charge in [0.25, 0.3) is 0 Å². The minimum Gasteiger partial charge on any atom is -0.0824 e. The SMILES string of the molecule is CC/C=C/C[NH+]=O. The van der Waals surface area contributed by atoms with Gasteiger partial charge in [-0.05, 0) is 17.7 Å². The maximum Gasteiger partial charge on any atom is 0.207 e. The fourth-order valence-electron chi connectivity index (χ4n) is 0.298.